The summed E-state index contributed by atoms with van der Waals surface area (Å²) in [6, 6.07) is 15.5. The molecule has 142 valence electrons. The fourth-order valence-electron chi connectivity index (χ4n) is 2.34. The van der Waals surface area contributed by atoms with Crippen LogP contribution in [-0.2, 0) is 22.6 Å². The van der Waals surface area contributed by atoms with E-state index >= 15 is 0 Å². The van der Waals surface area contributed by atoms with Gasteiger partial charge in [0.25, 0.3) is 0 Å². The van der Waals surface area contributed by atoms with Gasteiger partial charge in [0.15, 0.2) is 0 Å². The second-order valence-corrected chi connectivity index (χ2v) is 5.74. The normalized spacial score (nSPS) is 11.3. The van der Waals surface area contributed by atoms with Crippen LogP contribution in [0.3, 0.4) is 0 Å². The molecule has 0 aliphatic carbocycles. The number of hydrogen-bond acceptors (Lipinski definition) is 4. The van der Waals surface area contributed by atoms with Crippen LogP contribution in [0.2, 0.25) is 0 Å². The Hall–Kier alpha value is -3.55. The van der Waals surface area contributed by atoms with Gasteiger partial charge >= 0.3 is 12.1 Å². The van der Waals surface area contributed by atoms with Gasteiger partial charge in [-0.25, -0.2) is 4.79 Å². The lowest BCUT2D eigenvalue weighted by molar-refractivity contribution is -0.138. The molecule has 0 unspecified atom stereocenters. The van der Waals surface area contributed by atoms with Crippen LogP contribution in [0.1, 0.15) is 11.1 Å². The summed E-state index contributed by atoms with van der Waals surface area (Å²) in [5.74, 6) is -1.28. The second kappa shape index (κ2) is 9.81. The van der Waals surface area contributed by atoms with E-state index in [0.717, 1.165) is 5.56 Å². The molecule has 0 aliphatic rings. The number of carbonyl (C=O) groups is 3. The molecular weight excluding hydrogens is 352 g/mol. The summed E-state index contributed by atoms with van der Waals surface area (Å²) in [7, 11) is 0. The number of nitrogens with one attached hydrogen (secondary N) is 2. The molecule has 8 nitrogen and oxygen atoms in total. The first-order valence-electron chi connectivity index (χ1n) is 8.18. The van der Waals surface area contributed by atoms with Crippen molar-refractivity contribution in [2.45, 2.75) is 19.1 Å². The first-order chi connectivity index (χ1) is 12.9. The molecule has 2 amide bonds. The van der Waals surface area contributed by atoms with Crippen molar-refractivity contribution in [2.75, 3.05) is 6.54 Å². The van der Waals surface area contributed by atoms with Crippen LogP contribution in [0.25, 0.3) is 0 Å². The van der Waals surface area contributed by atoms with Crippen LogP contribution in [0.15, 0.2) is 54.6 Å². The van der Waals surface area contributed by atoms with E-state index in [1.165, 1.54) is 0 Å². The molecule has 2 aromatic rings. The molecule has 4 N–H and O–H groups in total. The Morgan fingerprint density at radius 1 is 0.926 bits per heavy atom. The summed E-state index contributed by atoms with van der Waals surface area (Å²) in [6.07, 6.45) is -1.29. The smallest absolute Gasteiger partial charge is 0.405 e. The lowest BCUT2D eigenvalue weighted by atomic mass is 10.1. The summed E-state index contributed by atoms with van der Waals surface area (Å²) in [6.45, 7) is -0.163. The molecule has 0 aromatic heterocycles. The zero-order chi connectivity index (χ0) is 19.6. The van der Waals surface area contributed by atoms with Crippen LogP contribution in [0.5, 0.6) is 5.75 Å². The first-order valence-corrected chi connectivity index (χ1v) is 8.18. The molecule has 8 heteroatoms. The van der Waals surface area contributed by atoms with Gasteiger partial charge in [0.1, 0.15) is 24.9 Å². The van der Waals surface area contributed by atoms with Gasteiger partial charge in [-0.05, 0) is 23.3 Å². The number of ether oxygens (including phenoxy) is 1. The van der Waals surface area contributed by atoms with Gasteiger partial charge in [-0.1, -0.05) is 42.5 Å². The summed E-state index contributed by atoms with van der Waals surface area (Å²) < 4.78 is 5.67. The third-order valence-corrected chi connectivity index (χ3v) is 3.64. The number of rotatable bonds is 9. The molecule has 0 bridgehead atoms. The first kappa shape index (κ1) is 19.8. The van der Waals surface area contributed by atoms with Crippen molar-refractivity contribution >= 4 is 18.0 Å². The molecule has 0 aliphatic heterocycles. The number of carboxylic acids is 1. The van der Waals surface area contributed by atoms with Crippen molar-refractivity contribution in [1.82, 2.24) is 10.6 Å². The maximum atomic E-state index is 12.0. The molecular formula is C19H20N2O6. The minimum atomic E-state index is -1.37. The average Bonchev–Trinajstić information content (AvgIpc) is 2.65. The van der Waals surface area contributed by atoms with Crippen LogP contribution >= 0.6 is 0 Å². The molecule has 1 atom stereocenters. The van der Waals surface area contributed by atoms with E-state index < -0.39 is 30.6 Å². The van der Waals surface area contributed by atoms with Crippen molar-refractivity contribution in [3.05, 3.63) is 65.7 Å². The highest BCUT2D eigenvalue weighted by Crippen LogP contribution is 2.15. The fraction of sp³-hybridized carbons (Fsp3) is 0.211. The summed E-state index contributed by atoms with van der Waals surface area (Å²) in [5, 5.41) is 21.8. The third-order valence-electron chi connectivity index (χ3n) is 3.64. The fourth-order valence-corrected chi connectivity index (χ4v) is 2.34. The minimum absolute atomic E-state index is 0.0801. The molecule has 27 heavy (non-hydrogen) atoms. The second-order valence-electron chi connectivity index (χ2n) is 5.74. The zero-order valence-electron chi connectivity index (χ0n) is 14.4. The molecule has 0 saturated heterocycles. The largest absolute Gasteiger partial charge is 0.489 e. The monoisotopic (exact) mass is 372 g/mol. The van der Waals surface area contributed by atoms with Gasteiger partial charge in [0.2, 0.25) is 5.91 Å². The van der Waals surface area contributed by atoms with Crippen LogP contribution in [-0.4, -0.2) is 40.8 Å². The number of aliphatic carboxylic acids is 1. The van der Waals surface area contributed by atoms with Gasteiger partial charge in [0, 0.05) is 6.42 Å². The Morgan fingerprint density at radius 2 is 1.59 bits per heavy atom. The van der Waals surface area contributed by atoms with Gasteiger partial charge in [0.05, 0.1) is 0 Å². The maximum Gasteiger partial charge on any atom is 0.405 e. The molecule has 0 spiro atoms. The molecule has 0 heterocycles. The third kappa shape index (κ3) is 7.07. The van der Waals surface area contributed by atoms with Crippen molar-refractivity contribution in [3.63, 3.8) is 0 Å². The number of benzene rings is 2. The Bertz CT molecular complexity index is 777. The Kier molecular flexibility index (Phi) is 7.18. The summed E-state index contributed by atoms with van der Waals surface area (Å²) >= 11 is 0. The van der Waals surface area contributed by atoms with Gasteiger partial charge in [-0.2, -0.15) is 0 Å². The number of carbonyl (C=O) groups excluding carboxylic acids is 1. The predicted octanol–water partition coefficient (Wildman–Crippen LogP) is 1.65. The standard InChI is InChI=1S/C19H20N2O6/c22-17(23)11-20-18(24)16(21-19(25)26)10-13-6-8-15(9-7-13)27-12-14-4-2-1-3-5-14/h1-9,16,21H,10-12H2,(H,20,24)(H,22,23)(H,25,26)/t16-/m0/s1. The highest BCUT2D eigenvalue weighted by molar-refractivity contribution is 5.87. The van der Waals surface area contributed by atoms with E-state index in [-0.39, 0.29) is 6.42 Å². The molecule has 0 saturated carbocycles. The Labute approximate surface area is 155 Å². The Morgan fingerprint density at radius 3 is 2.19 bits per heavy atom. The average molecular weight is 372 g/mol. The van der Waals surface area contributed by atoms with Crippen LogP contribution in [0.4, 0.5) is 4.79 Å². The minimum Gasteiger partial charge on any atom is -0.489 e. The van der Waals surface area contributed by atoms with E-state index in [1.54, 1.807) is 24.3 Å². The SMILES string of the molecule is O=C(O)CNC(=O)[C@H](Cc1ccc(OCc2ccccc2)cc1)NC(=O)O. The molecule has 2 rings (SSSR count). The molecule has 2 aromatic carbocycles. The molecule has 0 fully saturated rings. The molecule has 0 radical (unpaired) electrons. The Balaban J connectivity index is 1.95. The van der Waals surface area contributed by atoms with E-state index in [1.807, 2.05) is 30.3 Å². The van der Waals surface area contributed by atoms with E-state index in [9.17, 15) is 14.4 Å². The van der Waals surface area contributed by atoms with Gasteiger partial charge in [-0.15, -0.1) is 0 Å². The van der Waals surface area contributed by atoms with Crippen molar-refractivity contribution < 1.29 is 29.3 Å². The van der Waals surface area contributed by atoms with Crippen LogP contribution < -0.4 is 15.4 Å². The number of carboxylic acid groups (broad SMARTS) is 2. The topological polar surface area (TPSA) is 125 Å². The van der Waals surface area contributed by atoms with E-state index in [4.69, 9.17) is 14.9 Å². The van der Waals surface area contributed by atoms with Crippen molar-refractivity contribution in [2.24, 2.45) is 0 Å². The number of amides is 2. The van der Waals surface area contributed by atoms with E-state index in [2.05, 4.69) is 10.6 Å². The summed E-state index contributed by atoms with van der Waals surface area (Å²) in [5.41, 5.74) is 1.73. The van der Waals surface area contributed by atoms with Gasteiger partial charge < -0.3 is 25.6 Å². The lowest BCUT2D eigenvalue weighted by Crippen LogP contribution is -2.48. The van der Waals surface area contributed by atoms with Gasteiger partial charge in [-0.3, -0.25) is 9.59 Å². The lowest BCUT2D eigenvalue weighted by Gasteiger charge is -2.16. The number of hydrogen-bond donors (Lipinski definition) is 4. The highest BCUT2D eigenvalue weighted by Gasteiger charge is 2.21. The van der Waals surface area contributed by atoms with Crippen molar-refractivity contribution in [3.8, 4) is 5.75 Å². The van der Waals surface area contributed by atoms with Crippen molar-refractivity contribution in [1.29, 1.82) is 0 Å². The quantitative estimate of drug-likeness (QED) is 0.530. The maximum absolute atomic E-state index is 12.0. The van der Waals surface area contributed by atoms with Crippen LogP contribution in [0, 0.1) is 0 Å². The van der Waals surface area contributed by atoms with E-state index in [0.29, 0.717) is 17.9 Å². The highest BCUT2D eigenvalue weighted by atomic mass is 16.5. The predicted molar refractivity (Wildman–Crippen MR) is 96.5 cm³/mol. The summed E-state index contributed by atoms with van der Waals surface area (Å²) in [4.78, 5) is 33.4. The zero-order valence-corrected chi connectivity index (χ0v) is 14.4.